The summed E-state index contributed by atoms with van der Waals surface area (Å²) in [6.45, 7) is 0.388. The van der Waals surface area contributed by atoms with E-state index in [1.165, 1.54) is 0 Å². The minimum Gasteiger partial charge on any atom is -0.465 e. The number of halogens is 1. The topological polar surface area (TPSA) is 127 Å². The van der Waals surface area contributed by atoms with Gasteiger partial charge in [-0.05, 0) is 56.6 Å². The third-order valence-corrected chi connectivity index (χ3v) is 8.09. The summed E-state index contributed by atoms with van der Waals surface area (Å²) in [6, 6.07) is 2.75. The van der Waals surface area contributed by atoms with Crippen LogP contribution in [0.15, 0.2) is 18.5 Å². The van der Waals surface area contributed by atoms with Crippen molar-refractivity contribution >= 4 is 29.5 Å². The highest BCUT2D eigenvalue weighted by Gasteiger charge is 2.64. The third-order valence-electron chi connectivity index (χ3n) is 7.89. The highest BCUT2D eigenvalue weighted by Crippen LogP contribution is 2.58. The molecule has 3 aliphatic heterocycles. The molecule has 10 heteroatoms. The maximum atomic E-state index is 13.9. The molecule has 1 saturated carbocycles. The van der Waals surface area contributed by atoms with Crippen molar-refractivity contribution in [2.45, 2.75) is 74.5 Å². The van der Waals surface area contributed by atoms with Crippen LogP contribution in [0.5, 0.6) is 0 Å². The molecule has 0 aromatic carbocycles. The Morgan fingerprint density at radius 2 is 2.03 bits per heavy atom. The molecule has 0 unspecified atom stereocenters. The Balaban J connectivity index is 1.42. The van der Waals surface area contributed by atoms with Crippen molar-refractivity contribution in [3.63, 3.8) is 0 Å². The fourth-order valence-corrected chi connectivity index (χ4v) is 6.43. The van der Waals surface area contributed by atoms with Crippen molar-refractivity contribution in [2.24, 2.45) is 5.92 Å². The van der Waals surface area contributed by atoms with E-state index in [2.05, 4.69) is 16.4 Å². The Bertz CT molecular complexity index is 1040. The van der Waals surface area contributed by atoms with Gasteiger partial charge < -0.3 is 20.2 Å². The van der Waals surface area contributed by atoms with Crippen molar-refractivity contribution in [3.05, 3.63) is 29.0 Å². The molecule has 1 aromatic heterocycles. The van der Waals surface area contributed by atoms with Gasteiger partial charge in [0.25, 0.3) is 0 Å². The molecule has 5 atom stereocenters. The maximum Gasteiger partial charge on any atom is 0.405 e. The number of rotatable bonds is 3. The number of nitrogens with one attached hydrogen (secondary N) is 1. The van der Waals surface area contributed by atoms with E-state index in [1.807, 2.05) is 4.90 Å². The second-order valence-electron chi connectivity index (χ2n) is 9.63. The molecule has 2 N–H and O–H groups in total. The molecule has 1 spiro atoms. The smallest absolute Gasteiger partial charge is 0.405 e. The molecular weight excluding hydrogens is 446 g/mol. The second kappa shape index (κ2) is 8.17. The Labute approximate surface area is 196 Å². The highest BCUT2D eigenvalue weighted by molar-refractivity contribution is 6.30. The zero-order valence-electron chi connectivity index (χ0n) is 18.1. The van der Waals surface area contributed by atoms with Crippen LogP contribution in [0, 0.1) is 17.2 Å². The third kappa shape index (κ3) is 3.61. The number of pyridine rings is 1. The van der Waals surface area contributed by atoms with Gasteiger partial charge in [0.15, 0.2) is 0 Å². The number of nitrogens with zero attached hydrogens (tertiary/aromatic N) is 4. The molecule has 1 aromatic rings. The van der Waals surface area contributed by atoms with Crippen LogP contribution in [0.25, 0.3) is 0 Å². The number of hydrogen-bond acceptors (Lipinski definition) is 5. The van der Waals surface area contributed by atoms with E-state index in [9.17, 15) is 19.6 Å². The van der Waals surface area contributed by atoms with Gasteiger partial charge in [0, 0.05) is 30.9 Å². The first kappa shape index (κ1) is 22.0. The molecule has 4 heterocycles. The van der Waals surface area contributed by atoms with Gasteiger partial charge in [0.2, 0.25) is 11.8 Å². The van der Waals surface area contributed by atoms with E-state index < -0.39 is 23.7 Å². The van der Waals surface area contributed by atoms with Gasteiger partial charge in [-0.2, -0.15) is 5.26 Å². The van der Waals surface area contributed by atoms with E-state index in [0.29, 0.717) is 24.4 Å². The summed E-state index contributed by atoms with van der Waals surface area (Å²) in [6.07, 6.45) is 6.74. The van der Waals surface area contributed by atoms with E-state index in [0.717, 1.165) is 37.7 Å². The minimum atomic E-state index is -1.24. The van der Waals surface area contributed by atoms with Crippen LogP contribution >= 0.6 is 11.6 Å². The van der Waals surface area contributed by atoms with Crippen LogP contribution in [0.2, 0.25) is 5.02 Å². The molecule has 0 radical (unpaired) electrons. The number of nitriles is 1. The van der Waals surface area contributed by atoms with Gasteiger partial charge in [-0.1, -0.05) is 11.6 Å². The van der Waals surface area contributed by atoms with Crippen molar-refractivity contribution in [3.8, 4) is 6.07 Å². The molecule has 3 amide bonds. The number of carbonyl (C=O) groups excluding carboxylic acids is 2. The molecule has 4 fully saturated rings. The van der Waals surface area contributed by atoms with Crippen LogP contribution in [-0.4, -0.2) is 68.0 Å². The lowest BCUT2D eigenvalue weighted by Gasteiger charge is -2.35. The molecule has 4 aliphatic rings. The van der Waals surface area contributed by atoms with Crippen LogP contribution in [0.1, 0.15) is 56.4 Å². The Morgan fingerprint density at radius 1 is 1.24 bits per heavy atom. The largest absolute Gasteiger partial charge is 0.465 e. The number of amides is 3. The van der Waals surface area contributed by atoms with E-state index in [-0.39, 0.29) is 29.7 Å². The Kier molecular flexibility index (Phi) is 5.44. The molecule has 0 bridgehead atoms. The monoisotopic (exact) mass is 471 g/mol. The van der Waals surface area contributed by atoms with Crippen LogP contribution in [0.4, 0.5) is 4.79 Å². The van der Waals surface area contributed by atoms with E-state index in [4.69, 9.17) is 16.7 Å². The predicted octanol–water partition coefficient (Wildman–Crippen LogP) is 2.51. The van der Waals surface area contributed by atoms with Crippen molar-refractivity contribution in [1.82, 2.24) is 20.1 Å². The van der Waals surface area contributed by atoms with Gasteiger partial charge in [-0.25, -0.2) is 4.79 Å². The van der Waals surface area contributed by atoms with Gasteiger partial charge in [0.1, 0.15) is 12.1 Å². The lowest BCUT2D eigenvalue weighted by Crippen LogP contribution is -2.56. The van der Waals surface area contributed by atoms with Crippen molar-refractivity contribution in [1.29, 1.82) is 5.26 Å². The Hall–Kier alpha value is -2.86. The number of carboxylic acid groups (broad SMARTS) is 1. The maximum absolute atomic E-state index is 13.9. The fourth-order valence-electron chi connectivity index (χ4n) is 6.25. The quantitative estimate of drug-likeness (QED) is 0.697. The second-order valence-corrected chi connectivity index (χ2v) is 10.1. The first-order chi connectivity index (χ1) is 15.9. The van der Waals surface area contributed by atoms with Crippen LogP contribution in [-0.2, 0) is 9.59 Å². The highest BCUT2D eigenvalue weighted by atomic mass is 35.5. The van der Waals surface area contributed by atoms with Gasteiger partial charge in [-0.15, -0.1) is 0 Å². The molecule has 174 valence electrons. The zero-order chi connectivity index (χ0) is 23.3. The summed E-state index contributed by atoms with van der Waals surface area (Å²) in [5.74, 6) is -0.990. The molecule has 33 heavy (non-hydrogen) atoms. The normalized spacial score (nSPS) is 32.2. The van der Waals surface area contributed by atoms with Gasteiger partial charge >= 0.3 is 6.09 Å². The van der Waals surface area contributed by atoms with Crippen LogP contribution < -0.4 is 5.32 Å². The molecule has 1 aliphatic carbocycles. The van der Waals surface area contributed by atoms with Crippen LogP contribution in [0.3, 0.4) is 0 Å². The summed E-state index contributed by atoms with van der Waals surface area (Å²) in [5.41, 5.74) is 0.335. The number of likely N-dealkylation sites (tertiary alicyclic amines) is 1. The lowest BCUT2D eigenvalue weighted by molar-refractivity contribution is -0.147. The summed E-state index contributed by atoms with van der Waals surface area (Å²) in [4.78, 5) is 46.0. The molecule has 9 nitrogen and oxygen atoms in total. The average Bonchev–Trinajstić information content (AvgIpc) is 3.37. The molecular formula is C23H26ClN5O4. The summed E-state index contributed by atoms with van der Waals surface area (Å²) in [7, 11) is 0. The number of aromatic nitrogens is 1. The number of hydrogen-bond donors (Lipinski definition) is 2. The van der Waals surface area contributed by atoms with E-state index in [1.54, 1.807) is 23.4 Å². The van der Waals surface area contributed by atoms with Crippen molar-refractivity contribution in [2.75, 3.05) is 6.54 Å². The zero-order valence-corrected chi connectivity index (χ0v) is 18.9. The predicted molar refractivity (Wildman–Crippen MR) is 117 cm³/mol. The molecule has 3 saturated heterocycles. The van der Waals surface area contributed by atoms with Gasteiger partial charge in [0.05, 0.1) is 22.5 Å². The number of fused-ring (bicyclic) bond motifs is 1. The lowest BCUT2D eigenvalue weighted by atomic mass is 9.85. The summed E-state index contributed by atoms with van der Waals surface area (Å²) >= 11 is 6.14. The first-order valence-corrected chi connectivity index (χ1v) is 11.9. The summed E-state index contributed by atoms with van der Waals surface area (Å²) in [5, 5.41) is 22.0. The minimum absolute atomic E-state index is 0.0514. The molecule has 5 rings (SSSR count). The average molecular weight is 472 g/mol. The van der Waals surface area contributed by atoms with E-state index >= 15 is 0 Å². The fraction of sp³-hybridized carbons (Fsp3) is 0.609. The Morgan fingerprint density at radius 3 is 2.70 bits per heavy atom. The standard InChI is InChI=1S/C23H26ClN5O4/c24-14-8-13(10-26-11-14)16-12-28(23(6-7-23)17(16)9-25)21(31)19-5-4-15-2-1-3-18(27-22(32)33)20(30)29(15)19/h8,10-11,15-19,27H,1-7,12H2,(H,32,33)/t15-,16+,17+,18-,19-/m0/s1. The SMILES string of the molecule is N#C[C@@H]1[C@@H](c2cncc(Cl)c2)CN(C(=O)[C@@H]2CC[C@@H]3CCC[C@H](NC(=O)O)C(=O)N32)C12CC2. The summed E-state index contributed by atoms with van der Waals surface area (Å²) < 4.78 is 0. The first-order valence-electron chi connectivity index (χ1n) is 11.5. The van der Waals surface area contributed by atoms with Gasteiger partial charge in [-0.3, -0.25) is 14.6 Å². The number of carbonyl (C=O) groups is 3. The van der Waals surface area contributed by atoms with Crippen molar-refractivity contribution < 1.29 is 19.5 Å².